The van der Waals surface area contributed by atoms with E-state index in [4.69, 9.17) is 0 Å². The number of nitrogens with zero attached hydrogens (tertiary/aromatic N) is 3. The largest absolute Gasteiger partial charge is 0.383 e. The van der Waals surface area contributed by atoms with Gasteiger partial charge in [0.05, 0.1) is 11.4 Å². The lowest BCUT2D eigenvalue weighted by molar-refractivity contribution is -0.0443. The number of carbonyl (C=O) groups is 1. The number of hydrogen-bond acceptors (Lipinski definition) is 5. The molecule has 4 aromatic rings. The van der Waals surface area contributed by atoms with Gasteiger partial charge in [0, 0.05) is 30.6 Å². The monoisotopic (exact) mass is 517 g/mol. The normalized spacial score (nSPS) is 15.1. The molecule has 1 aromatic heterocycles. The van der Waals surface area contributed by atoms with Crippen LogP contribution in [-0.2, 0) is 0 Å². The maximum Gasteiger partial charge on any atom is 0.323 e. The van der Waals surface area contributed by atoms with Crippen LogP contribution in [0.15, 0.2) is 66.7 Å². The van der Waals surface area contributed by atoms with Gasteiger partial charge in [-0.1, -0.05) is 48.0 Å². The number of amides is 2. The Hall–Kier alpha value is -4.34. The summed E-state index contributed by atoms with van der Waals surface area (Å²) >= 11 is 0. The van der Waals surface area contributed by atoms with Gasteiger partial charge < -0.3 is 16.0 Å². The zero-order chi connectivity index (χ0) is 26.5. The van der Waals surface area contributed by atoms with E-state index < -0.39 is 12.0 Å². The van der Waals surface area contributed by atoms with E-state index in [1.165, 1.54) is 0 Å². The van der Waals surface area contributed by atoms with E-state index >= 15 is 0 Å². The van der Waals surface area contributed by atoms with E-state index in [1.807, 2.05) is 73.7 Å². The summed E-state index contributed by atoms with van der Waals surface area (Å²) in [6.07, 6.45) is 0.754. The summed E-state index contributed by atoms with van der Waals surface area (Å²) in [5.41, 5.74) is 5.55. The highest BCUT2D eigenvalue weighted by Gasteiger charge is 2.34. The van der Waals surface area contributed by atoms with Gasteiger partial charge in [0.2, 0.25) is 11.7 Å². The molecule has 196 valence electrons. The lowest BCUT2D eigenvalue weighted by Crippen LogP contribution is -2.28. The number of aryl methyl sites for hydroxylation is 1. The zero-order valence-electron chi connectivity index (χ0n) is 21.0. The number of alkyl halides is 2. The third-order valence-corrected chi connectivity index (χ3v) is 6.82. The van der Waals surface area contributed by atoms with Crippen LogP contribution in [0.3, 0.4) is 0 Å². The number of halogens is 2. The molecule has 0 aliphatic heterocycles. The third-order valence-electron chi connectivity index (χ3n) is 6.82. The second-order valence-electron chi connectivity index (χ2n) is 9.67. The van der Waals surface area contributed by atoms with Crippen molar-refractivity contribution in [3.05, 3.63) is 72.3 Å². The van der Waals surface area contributed by atoms with Gasteiger partial charge in [0.25, 0.3) is 0 Å². The molecule has 0 radical (unpaired) electrons. The minimum Gasteiger partial charge on any atom is -0.383 e. The number of anilines is 3. The van der Waals surface area contributed by atoms with Crippen LogP contribution in [-0.4, -0.2) is 39.1 Å². The van der Waals surface area contributed by atoms with Gasteiger partial charge in [-0.15, -0.1) is 10.2 Å². The lowest BCUT2D eigenvalue weighted by atomic mass is 9.87. The van der Waals surface area contributed by atoms with Crippen LogP contribution in [0.5, 0.6) is 0 Å². The lowest BCUT2D eigenvalue weighted by Gasteiger charge is -2.28. The summed E-state index contributed by atoms with van der Waals surface area (Å²) in [6, 6.07) is 20.5. The van der Waals surface area contributed by atoms with Crippen LogP contribution in [0.1, 0.15) is 31.2 Å². The Morgan fingerprint density at radius 2 is 1.71 bits per heavy atom. The quantitative estimate of drug-likeness (QED) is 0.218. The smallest absolute Gasteiger partial charge is 0.323 e. The van der Waals surface area contributed by atoms with Gasteiger partial charge in [-0.25, -0.2) is 13.6 Å². The number of aromatic amines is 1. The summed E-state index contributed by atoms with van der Waals surface area (Å²) in [7, 11) is 0. The van der Waals surface area contributed by atoms with Crippen molar-refractivity contribution in [3.63, 3.8) is 0 Å². The molecule has 1 fully saturated rings. The molecule has 0 bridgehead atoms. The van der Waals surface area contributed by atoms with Gasteiger partial charge >= 0.3 is 6.03 Å². The van der Waals surface area contributed by atoms with E-state index in [0.29, 0.717) is 42.3 Å². The third kappa shape index (κ3) is 6.13. The first-order chi connectivity index (χ1) is 18.4. The number of carbonyl (C=O) groups excluding carboxylic acids is 1. The Morgan fingerprint density at radius 1 is 0.974 bits per heavy atom. The fourth-order valence-corrected chi connectivity index (χ4v) is 4.65. The van der Waals surface area contributed by atoms with Crippen molar-refractivity contribution in [2.75, 3.05) is 22.5 Å². The number of tetrazole rings is 1. The van der Waals surface area contributed by atoms with Crippen LogP contribution in [0.4, 0.5) is 30.6 Å². The molecular formula is C28H29F2N7O. The van der Waals surface area contributed by atoms with Crippen LogP contribution in [0.2, 0.25) is 0 Å². The number of nitrogens with one attached hydrogen (secondary N) is 4. The first-order valence-electron chi connectivity index (χ1n) is 12.6. The van der Waals surface area contributed by atoms with Gasteiger partial charge in [0.15, 0.2) is 0 Å². The highest BCUT2D eigenvalue weighted by Crippen LogP contribution is 2.37. The summed E-state index contributed by atoms with van der Waals surface area (Å²) in [5.74, 6) is -1.96. The molecule has 0 atom stereocenters. The average molecular weight is 518 g/mol. The van der Waals surface area contributed by atoms with Crippen LogP contribution in [0.25, 0.3) is 22.5 Å². The molecule has 1 aliphatic rings. The van der Waals surface area contributed by atoms with E-state index in [-0.39, 0.29) is 18.8 Å². The Labute approximate surface area is 219 Å². The standard InChI is InChI=1S/C28H29F2N7O/c1-18-6-9-21(10-7-18)32-27(38)33-25-16-20(22-4-2-3-5-23(22)26-34-36-37-35-26)8-11-24(25)31-17-19-12-14-28(29,30)15-13-19/h2-11,16,19,31H,12-15,17H2,1H3,(H2,32,33,38)(H,34,35,36,37). The fraction of sp³-hybridized carbons (Fsp3) is 0.286. The van der Waals surface area contributed by atoms with Crippen LogP contribution >= 0.6 is 0 Å². The van der Waals surface area contributed by atoms with Crippen LogP contribution < -0.4 is 16.0 Å². The first-order valence-corrected chi connectivity index (χ1v) is 12.6. The second-order valence-corrected chi connectivity index (χ2v) is 9.67. The summed E-state index contributed by atoms with van der Waals surface area (Å²) in [5, 5.41) is 23.6. The van der Waals surface area contributed by atoms with Crippen molar-refractivity contribution in [1.29, 1.82) is 0 Å². The maximum absolute atomic E-state index is 13.6. The van der Waals surface area contributed by atoms with Gasteiger partial charge in [-0.05, 0) is 66.3 Å². The molecule has 5 rings (SSSR count). The number of hydrogen-bond donors (Lipinski definition) is 4. The maximum atomic E-state index is 13.6. The number of rotatable bonds is 7. The predicted molar refractivity (Wildman–Crippen MR) is 144 cm³/mol. The zero-order valence-corrected chi connectivity index (χ0v) is 21.0. The predicted octanol–water partition coefficient (Wildman–Crippen LogP) is 6.72. The van der Waals surface area contributed by atoms with Gasteiger partial charge in [-0.2, -0.15) is 5.21 Å². The molecular weight excluding hydrogens is 488 g/mol. The molecule has 2 amide bonds. The highest BCUT2D eigenvalue weighted by atomic mass is 19.3. The van der Waals surface area contributed by atoms with Crippen molar-refractivity contribution in [2.45, 2.75) is 38.5 Å². The molecule has 1 saturated carbocycles. The molecule has 10 heteroatoms. The summed E-state index contributed by atoms with van der Waals surface area (Å²) in [6.45, 7) is 2.52. The topological polar surface area (TPSA) is 108 Å². The molecule has 0 spiro atoms. The number of urea groups is 1. The van der Waals surface area contributed by atoms with Crippen molar-refractivity contribution in [3.8, 4) is 22.5 Å². The Bertz CT molecular complexity index is 1380. The number of benzene rings is 3. The van der Waals surface area contributed by atoms with E-state index in [9.17, 15) is 13.6 Å². The molecule has 0 saturated heterocycles. The Morgan fingerprint density at radius 3 is 2.42 bits per heavy atom. The van der Waals surface area contributed by atoms with Crippen LogP contribution in [0, 0.1) is 12.8 Å². The van der Waals surface area contributed by atoms with Crippen molar-refractivity contribution in [1.82, 2.24) is 20.6 Å². The molecule has 1 aliphatic carbocycles. The molecule has 38 heavy (non-hydrogen) atoms. The van der Waals surface area contributed by atoms with E-state index in [0.717, 1.165) is 22.3 Å². The number of aromatic nitrogens is 4. The van der Waals surface area contributed by atoms with Crippen molar-refractivity contribution in [2.24, 2.45) is 5.92 Å². The SMILES string of the molecule is Cc1ccc(NC(=O)Nc2cc(-c3ccccc3-c3nn[nH]n3)ccc2NCC2CCC(F)(F)CC2)cc1. The van der Waals surface area contributed by atoms with Crippen molar-refractivity contribution < 1.29 is 13.6 Å². The Balaban J connectivity index is 1.40. The second kappa shape index (κ2) is 11.0. The van der Waals surface area contributed by atoms with Crippen molar-refractivity contribution >= 4 is 23.1 Å². The first kappa shape index (κ1) is 25.3. The minimum absolute atomic E-state index is 0.0881. The van der Waals surface area contributed by atoms with Gasteiger partial charge in [-0.3, -0.25) is 0 Å². The average Bonchev–Trinajstić information content (AvgIpc) is 3.45. The van der Waals surface area contributed by atoms with Gasteiger partial charge in [0.1, 0.15) is 0 Å². The summed E-state index contributed by atoms with van der Waals surface area (Å²) in [4.78, 5) is 12.9. The molecule has 8 nitrogen and oxygen atoms in total. The molecule has 1 heterocycles. The summed E-state index contributed by atoms with van der Waals surface area (Å²) < 4.78 is 27.2. The molecule has 4 N–H and O–H groups in total. The number of H-pyrrole nitrogens is 1. The minimum atomic E-state index is -2.56. The molecule has 3 aromatic carbocycles. The molecule has 0 unspecified atom stereocenters. The van der Waals surface area contributed by atoms with E-state index in [1.54, 1.807) is 0 Å². The fourth-order valence-electron chi connectivity index (χ4n) is 4.65. The Kier molecular flexibility index (Phi) is 7.30. The highest BCUT2D eigenvalue weighted by molar-refractivity contribution is 6.02. The van der Waals surface area contributed by atoms with E-state index in [2.05, 4.69) is 36.6 Å².